The van der Waals surface area contributed by atoms with E-state index in [1.54, 1.807) is 11.9 Å². The number of benzene rings is 1. The lowest BCUT2D eigenvalue weighted by Crippen LogP contribution is -2.52. The molecule has 2 fully saturated rings. The summed E-state index contributed by atoms with van der Waals surface area (Å²) in [5, 5.41) is 3.08. The second-order valence-electron chi connectivity index (χ2n) is 8.95. The summed E-state index contributed by atoms with van der Waals surface area (Å²) in [5.41, 5.74) is 0.355. The maximum absolute atomic E-state index is 13.6. The standard InChI is InChI=1S/C21H31F2N3O3S/c1-21(15-12-16(22)14-17(23)13-15)8-4-18(5-9-21)24-20(27)25(2)19-6-10-26(11-7-19)30(3,28)29/h12-14,18-19H,4-11H2,1-3H3,(H,24,27)/t18-,21-. The summed E-state index contributed by atoms with van der Waals surface area (Å²) in [6.45, 7) is 2.86. The molecule has 9 heteroatoms. The van der Waals surface area contributed by atoms with Crippen LogP contribution in [0.4, 0.5) is 13.6 Å². The van der Waals surface area contributed by atoms with Crippen molar-refractivity contribution in [2.24, 2.45) is 0 Å². The summed E-state index contributed by atoms with van der Waals surface area (Å²) in [7, 11) is -1.44. The zero-order valence-electron chi connectivity index (χ0n) is 17.8. The number of piperidine rings is 1. The van der Waals surface area contributed by atoms with Gasteiger partial charge in [0, 0.05) is 38.3 Å². The van der Waals surface area contributed by atoms with Crippen LogP contribution < -0.4 is 5.32 Å². The first kappa shape index (κ1) is 22.9. The highest BCUT2D eigenvalue weighted by molar-refractivity contribution is 7.88. The number of sulfonamides is 1. The van der Waals surface area contributed by atoms with Gasteiger partial charge in [0.1, 0.15) is 11.6 Å². The minimum absolute atomic E-state index is 0.00660. The molecule has 0 aromatic heterocycles. The maximum atomic E-state index is 13.6. The first-order chi connectivity index (χ1) is 14.0. The van der Waals surface area contributed by atoms with Crippen molar-refractivity contribution < 1.29 is 22.0 Å². The Kier molecular flexibility index (Phi) is 6.72. The smallest absolute Gasteiger partial charge is 0.317 e. The number of hydrogen-bond acceptors (Lipinski definition) is 3. The van der Waals surface area contributed by atoms with Crippen LogP contribution in [0.3, 0.4) is 0 Å². The summed E-state index contributed by atoms with van der Waals surface area (Å²) in [6.07, 6.45) is 5.38. The molecule has 2 aliphatic rings. The molecule has 1 saturated carbocycles. The quantitative estimate of drug-likeness (QED) is 0.777. The van der Waals surface area contributed by atoms with Gasteiger partial charge >= 0.3 is 6.03 Å². The van der Waals surface area contributed by atoms with E-state index < -0.39 is 21.7 Å². The van der Waals surface area contributed by atoms with Crippen molar-refractivity contribution in [3.05, 3.63) is 35.4 Å². The number of nitrogens with zero attached hydrogens (tertiary/aromatic N) is 2. The van der Waals surface area contributed by atoms with Gasteiger partial charge in [-0.05, 0) is 61.6 Å². The van der Waals surface area contributed by atoms with E-state index in [1.807, 2.05) is 6.92 Å². The molecule has 1 N–H and O–H groups in total. The van der Waals surface area contributed by atoms with E-state index in [4.69, 9.17) is 0 Å². The monoisotopic (exact) mass is 443 g/mol. The van der Waals surface area contributed by atoms with Gasteiger partial charge in [-0.15, -0.1) is 0 Å². The zero-order valence-corrected chi connectivity index (χ0v) is 18.6. The molecule has 2 amide bonds. The summed E-state index contributed by atoms with van der Waals surface area (Å²) in [4.78, 5) is 14.4. The van der Waals surface area contributed by atoms with E-state index in [1.165, 1.54) is 22.7 Å². The predicted octanol–water partition coefficient (Wildman–Crippen LogP) is 3.23. The highest BCUT2D eigenvalue weighted by atomic mass is 32.2. The average molecular weight is 444 g/mol. The van der Waals surface area contributed by atoms with Gasteiger partial charge in [0.15, 0.2) is 0 Å². The summed E-state index contributed by atoms with van der Waals surface area (Å²) < 4.78 is 52.0. The van der Waals surface area contributed by atoms with Crippen molar-refractivity contribution in [3.8, 4) is 0 Å². The molecule has 1 aliphatic heterocycles. The van der Waals surface area contributed by atoms with Crippen LogP contribution in [0.15, 0.2) is 18.2 Å². The third-order valence-corrected chi connectivity index (χ3v) is 8.04. The summed E-state index contributed by atoms with van der Waals surface area (Å²) >= 11 is 0. The molecule has 6 nitrogen and oxygen atoms in total. The Morgan fingerprint density at radius 2 is 1.63 bits per heavy atom. The Labute approximate surface area is 177 Å². The summed E-state index contributed by atoms with van der Waals surface area (Å²) in [6, 6.07) is 3.56. The van der Waals surface area contributed by atoms with Crippen LogP contribution in [0.5, 0.6) is 0 Å². The second kappa shape index (κ2) is 8.78. The largest absolute Gasteiger partial charge is 0.335 e. The van der Waals surface area contributed by atoms with Crippen LogP contribution in [0.2, 0.25) is 0 Å². The molecular weight excluding hydrogens is 412 g/mol. The van der Waals surface area contributed by atoms with E-state index in [0.717, 1.165) is 31.7 Å². The first-order valence-electron chi connectivity index (χ1n) is 10.4. The SMILES string of the molecule is CN(C(=O)N[C@H]1CC[C@](C)(c2cc(F)cc(F)c2)CC1)C1CCN(S(C)(=O)=O)CC1. The van der Waals surface area contributed by atoms with Gasteiger partial charge in [-0.25, -0.2) is 26.3 Å². The second-order valence-corrected chi connectivity index (χ2v) is 10.9. The predicted molar refractivity (Wildman–Crippen MR) is 112 cm³/mol. The third-order valence-electron chi connectivity index (χ3n) is 6.74. The average Bonchev–Trinajstić information content (AvgIpc) is 2.68. The van der Waals surface area contributed by atoms with Crippen molar-refractivity contribution in [3.63, 3.8) is 0 Å². The molecule has 168 valence electrons. The number of rotatable bonds is 4. The van der Waals surface area contributed by atoms with E-state index in [-0.39, 0.29) is 23.5 Å². The highest BCUT2D eigenvalue weighted by Gasteiger charge is 2.35. The number of urea groups is 1. The summed E-state index contributed by atoms with van der Waals surface area (Å²) in [5.74, 6) is -1.13. The van der Waals surface area contributed by atoms with Crippen LogP contribution in [0.1, 0.15) is 51.0 Å². The van der Waals surface area contributed by atoms with Crippen molar-refractivity contribution in [2.75, 3.05) is 26.4 Å². The number of carbonyl (C=O) groups is 1. The van der Waals surface area contributed by atoms with Crippen molar-refractivity contribution in [1.82, 2.24) is 14.5 Å². The van der Waals surface area contributed by atoms with Gasteiger partial charge in [-0.1, -0.05) is 6.92 Å². The molecule has 3 rings (SSSR count). The van der Waals surface area contributed by atoms with E-state index >= 15 is 0 Å². The highest BCUT2D eigenvalue weighted by Crippen LogP contribution is 2.39. The topological polar surface area (TPSA) is 69.7 Å². The number of amides is 2. The van der Waals surface area contributed by atoms with Crippen LogP contribution in [0, 0.1) is 11.6 Å². The lowest BCUT2D eigenvalue weighted by molar-refractivity contribution is 0.155. The number of carbonyl (C=O) groups excluding carboxylic acids is 1. The minimum Gasteiger partial charge on any atom is -0.335 e. The zero-order chi connectivity index (χ0) is 22.1. The van der Waals surface area contributed by atoms with Gasteiger partial charge in [0.25, 0.3) is 0 Å². The fourth-order valence-corrected chi connectivity index (χ4v) is 5.47. The van der Waals surface area contributed by atoms with Gasteiger partial charge in [0.05, 0.1) is 6.26 Å². The Morgan fingerprint density at radius 3 is 2.13 bits per heavy atom. The molecule has 1 aliphatic carbocycles. The Hall–Kier alpha value is -1.74. The fraction of sp³-hybridized carbons (Fsp3) is 0.667. The lowest BCUT2D eigenvalue weighted by Gasteiger charge is -2.40. The van der Waals surface area contributed by atoms with Crippen LogP contribution >= 0.6 is 0 Å². The normalized spacial score (nSPS) is 26.4. The van der Waals surface area contributed by atoms with Gasteiger partial charge < -0.3 is 10.2 Å². The number of halogens is 2. The molecule has 1 saturated heterocycles. The fourth-order valence-electron chi connectivity index (χ4n) is 4.59. The molecule has 0 spiro atoms. The minimum atomic E-state index is -3.19. The third kappa shape index (κ3) is 5.29. The lowest BCUT2D eigenvalue weighted by atomic mass is 9.69. The Bertz CT molecular complexity index is 857. The van der Waals surface area contributed by atoms with E-state index in [9.17, 15) is 22.0 Å². The molecule has 1 heterocycles. The maximum Gasteiger partial charge on any atom is 0.317 e. The number of nitrogens with one attached hydrogen (secondary N) is 1. The molecule has 0 radical (unpaired) electrons. The molecule has 30 heavy (non-hydrogen) atoms. The van der Waals surface area contributed by atoms with Crippen molar-refractivity contribution >= 4 is 16.1 Å². The van der Waals surface area contributed by atoms with Gasteiger partial charge in [-0.2, -0.15) is 0 Å². The molecule has 1 aromatic carbocycles. The molecular formula is C21H31F2N3O3S. The van der Waals surface area contributed by atoms with Gasteiger partial charge in [0.2, 0.25) is 10.0 Å². The Morgan fingerprint density at radius 1 is 1.10 bits per heavy atom. The van der Waals surface area contributed by atoms with Crippen LogP contribution in [-0.2, 0) is 15.4 Å². The molecule has 0 bridgehead atoms. The Balaban J connectivity index is 1.51. The first-order valence-corrected chi connectivity index (χ1v) is 12.3. The van der Waals surface area contributed by atoms with E-state index in [0.29, 0.717) is 31.5 Å². The van der Waals surface area contributed by atoms with Crippen molar-refractivity contribution in [2.45, 2.75) is 62.9 Å². The molecule has 0 atom stereocenters. The van der Waals surface area contributed by atoms with Crippen LogP contribution in [-0.4, -0.2) is 62.1 Å². The number of hydrogen-bond donors (Lipinski definition) is 1. The van der Waals surface area contributed by atoms with E-state index in [2.05, 4.69) is 5.32 Å². The molecule has 1 aromatic rings. The van der Waals surface area contributed by atoms with Gasteiger partial charge in [-0.3, -0.25) is 0 Å². The van der Waals surface area contributed by atoms with Crippen molar-refractivity contribution in [1.29, 1.82) is 0 Å². The molecule has 0 unspecified atom stereocenters. The van der Waals surface area contributed by atoms with Crippen LogP contribution in [0.25, 0.3) is 0 Å².